The first-order valence-electron chi connectivity index (χ1n) is 7.63. The number of nitrogens with zero attached hydrogens (tertiary/aromatic N) is 5. The van der Waals surface area contributed by atoms with E-state index in [-0.39, 0.29) is 12.5 Å². The molecule has 3 heterocycles. The maximum atomic E-state index is 11.0. The largest absolute Gasteiger partial charge is 0.475 e. The summed E-state index contributed by atoms with van der Waals surface area (Å²) in [6, 6.07) is 7.53. The Balaban J connectivity index is 1.80. The number of aliphatic imine (C=N–C) groups is 1. The third kappa shape index (κ3) is 3.51. The van der Waals surface area contributed by atoms with Crippen LogP contribution in [0.1, 0.15) is 5.69 Å². The molecule has 0 aliphatic heterocycles. The number of imidazole rings is 1. The summed E-state index contributed by atoms with van der Waals surface area (Å²) in [5, 5.41) is 11.8. The highest BCUT2D eigenvalue weighted by Crippen LogP contribution is 2.23. The van der Waals surface area contributed by atoms with E-state index in [0.29, 0.717) is 11.6 Å². The van der Waals surface area contributed by atoms with Crippen LogP contribution in [0.3, 0.4) is 0 Å². The van der Waals surface area contributed by atoms with Gasteiger partial charge in [-0.1, -0.05) is 6.07 Å². The lowest BCUT2D eigenvalue weighted by Crippen LogP contribution is -2.13. The Morgan fingerprint density at radius 2 is 2.27 bits per heavy atom. The molecular formula is C17H16N6O3. The minimum Gasteiger partial charge on any atom is -0.475 e. The molecule has 0 spiro atoms. The van der Waals surface area contributed by atoms with E-state index in [1.807, 2.05) is 35.7 Å². The highest BCUT2D eigenvalue weighted by molar-refractivity contribution is 5.84. The Bertz CT molecular complexity index is 995. The van der Waals surface area contributed by atoms with Gasteiger partial charge in [0.15, 0.2) is 6.73 Å². The normalized spacial score (nSPS) is 11.3. The van der Waals surface area contributed by atoms with Crippen LogP contribution >= 0.6 is 0 Å². The third-order valence-electron chi connectivity index (χ3n) is 3.48. The van der Waals surface area contributed by atoms with Gasteiger partial charge in [0.1, 0.15) is 5.65 Å². The van der Waals surface area contributed by atoms with E-state index in [0.717, 1.165) is 23.2 Å². The van der Waals surface area contributed by atoms with Crippen LogP contribution in [-0.4, -0.2) is 43.9 Å². The Morgan fingerprint density at radius 1 is 1.42 bits per heavy atom. The molecule has 3 aromatic rings. The quantitative estimate of drug-likeness (QED) is 0.290. The molecule has 0 saturated carbocycles. The van der Waals surface area contributed by atoms with Crippen molar-refractivity contribution in [1.82, 2.24) is 19.4 Å². The number of rotatable bonds is 7. The van der Waals surface area contributed by atoms with Crippen LogP contribution in [0.4, 0.5) is 5.95 Å². The molecule has 132 valence electrons. The molecule has 0 aliphatic rings. The fraction of sp³-hybridized carbons (Fsp3) is 0.118. The number of aryl methyl sites for hydroxylation is 1. The smallest absolute Gasteiger partial charge is 0.372 e. The van der Waals surface area contributed by atoms with Gasteiger partial charge in [-0.25, -0.2) is 19.7 Å². The van der Waals surface area contributed by atoms with Gasteiger partial charge in [0.05, 0.1) is 23.3 Å². The van der Waals surface area contributed by atoms with Crippen LogP contribution in [0.2, 0.25) is 0 Å². The minimum absolute atomic E-state index is 0.136. The number of anilines is 1. The number of hydrogen-bond donors (Lipinski definition) is 2. The lowest BCUT2D eigenvalue weighted by molar-refractivity contribution is -0.136. The molecule has 3 rings (SSSR count). The summed E-state index contributed by atoms with van der Waals surface area (Å²) in [4.78, 5) is 27.4. The molecule has 0 aliphatic carbocycles. The number of carbonyl (C=O) groups is 1. The molecule has 0 saturated heterocycles. The average molecular weight is 352 g/mol. The van der Waals surface area contributed by atoms with E-state index < -0.39 is 5.97 Å². The standard InChI is InChI=1S/C17H16N6O3/c1-11-15(23-8-4-3-5-14(23)21-11)12-6-7-19-17(22-12)20-10-26-13(9-18-2)16(24)25/h3-9H,2,10H2,1H3,(H,24,25)(H,19,20,22)/b13-9-. The predicted octanol–water partition coefficient (Wildman–Crippen LogP) is 2.11. The highest BCUT2D eigenvalue weighted by Gasteiger charge is 2.13. The van der Waals surface area contributed by atoms with Gasteiger partial charge >= 0.3 is 5.97 Å². The summed E-state index contributed by atoms with van der Waals surface area (Å²) in [5.74, 6) is -1.28. The number of fused-ring (bicyclic) bond motifs is 1. The van der Waals surface area contributed by atoms with Crippen molar-refractivity contribution in [3.63, 3.8) is 0 Å². The Kier molecular flexibility index (Phi) is 4.88. The summed E-state index contributed by atoms with van der Waals surface area (Å²) < 4.78 is 7.04. The van der Waals surface area contributed by atoms with Crippen LogP contribution in [0.5, 0.6) is 0 Å². The Labute approximate surface area is 148 Å². The highest BCUT2D eigenvalue weighted by atomic mass is 16.5. The molecule has 9 heteroatoms. The molecule has 0 fully saturated rings. The molecule has 0 radical (unpaired) electrons. The van der Waals surface area contributed by atoms with Gasteiger partial charge in [0.2, 0.25) is 11.7 Å². The SMILES string of the molecule is C=N/C=C(\OCNc1nccc(-c2c(C)nc3ccccn23)n1)C(=O)O. The summed E-state index contributed by atoms with van der Waals surface area (Å²) in [7, 11) is 0. The number of pyridine rings is 1. The van der Waals surface area contributed by atoms with Gasteiger partial charge in [0, 0.05) is 12.4 Å². The number of carboxylic acid groups (broad SMARTS) is 1. The molecule has 3 aromatic heterocycles. The molecule has 26 heavy (non-hydrogen) atoms. The zero-order valence-electron chi connectivity index (χ0n) is 14.0. The van der Waals surface area contributed by atoms with Gasteiger partial charge in [0.25, 0.3) is 0 Å². The van der Waals surface area contributed by atoms with Gasteiger partial charge in [-0.05, 0) is 31.8 Å². The zero-order chi connectivity index (χ0) is 18.5. The van der Waals surface area contributed by atoms with Gasteiger partial charge in [-0.15, -0.1) is 0 Å². The van der Waals surface area contributed by atoms with Crippen molar-refractivity contribution in [2.24, 2.45) is 4.99 Å². The molecule has 2 N–H and O–H groups in total. The molecule has 0 aromatic carbocycles. The molecule has 9 nitrogen and oxygen atoms in total. The van der Waals surface area contributed by atoms with E-state index in [1.165, 1.54) is 0 Å². The van der Waals surface area contributed by atoms with Crippen molar-refractivity contribution < 1.29 is 14.6 Å². The lowest BCUT2D eigenvalue weighted by atomic mass is 10.2. The fourth-order valence-electron chi connectivity index (χ4n) is 2.41. The number of nitrogens with one attached hydrogen (secondary N) is 1. The fourth-order valence-corrected chi connectivity index (χ4v) is 2.41. The number of aliphatic carboxylic acids is 1. The van der Waals surface area contributed by atoms with E-state index in [1.54, 1.807) is 12.3 Å². The van der Waals surface area contributed by atoms with Crippen LogP contribution < -0.4 is 5.32 Å². The minimum atomic E-state index is -1.24. The van der Waals surface area contributed by atoms with Crippen molar-refractivity contribution in [3.8, 4) is 11.4 Å². The number of hydrogen-bond acceptors (Lipinski definition) is 7. The predicted molar refractivity (Wildman–Crippen MR) is 95.8 cm³/mol. The van der Waals surface area contributed by atoms with Crippen LogP contribution in [-0.2, 0) is 9.53 Å². The monoisotopic (exact) mass is 352 g/mol. The molecule has 0 bridgehead atoms. The first-order chi connectivity index (χ1) is 12.6. The van der Waals surface area contributed by atoms with Gasteiger partial charge in [-0.3, -0.25) is 9.39 Å². The molecule has 0 unspecified atom stereocenters. The number of aromatic nitrogens is 4. The second kappa shape index (κ2) is 7.43. The van der Waals surface area contributed by atoms with Crippen molar-refractivity contribution in [2.45, 2.75) is 6.92 Å². The summed E-state index contributed by atoms with van der Waals surface area (Å²) in [6.07, 6.45) is 4.53. The molecular weight excluding hydrogens is 336 g/mol. The summed E-state index contributed by atoms with van der Waals surface area (Å²) in [6.45, 7) is 4.97. The average Bonchev–Trinajstić information content (AvgIpc) is 2.97. The molecule has 0 atom stereocenters. The van der Waals surface area contributed by atoms with E-state index in [4.69, 9.17) is 9.84 Å². The second-order valence-corrected chi connectivity index (χ2v) is 5.19. The Morgan fingerprint density at radius 3 is 3.04 bits per heavy atom. The lowest BCUT2D eigenvalue weighted by Gasteiger charge is -2.09. The van der Waals surface area contributed by atoms with Crippen molar-refractivity contribution in [3.05, 3.63) is 54.3 Å². The second-order valence-electron chi connectivity index (χ2n) is 5.19. The van der Waals surface area contributed by atoms with Crippen LogP contribution in [0, 0.1) is 6.92 Å². The maximum Gasteiger partial charge on any atom is 0.372 e. The van der Waals surface area contributed by atoms with E-state index >= 15 is 0 Å². The molecule has 0 amide bonds. The van der Waals surface area contributed by atoms with Crippen molar-refractivity contribution in [1.29, 1.82) is 0 Å². The van der Waals surface area contributed by atoms with Gasteiger partial charge in [-0.2, -0.15) is 0 Å². The van der Waals surface area contributed by atoms with Crippen molar-refractivity contribution in [2.75, 3.05) is 12.0 Å². The van der Waals surface area contributed by atoms with E-state index in [2.05, 4.69) is 32.0 Å². The Hall–Kier alpha value is -3.75. The topological polar surface area (TPSA) is 114 Å². The van der Waals surface area contributed by atoms with Crippen LogP contribution in [0.25, 0.3) is 17.0 Å². The first-order valence-corrected chi connectivity index (χ1v) is 7.63. The summed E-state index contributed by atoms with van der Waals surface area (Å²) >= 11 is 0. The van der Waals surface area contributed by atoms with Crippen molar-refractivity contribution >= 4 is 24.3 Å². The van der Waals surface area contributed by atoms with Gasteiger partial charge < -0.3 is 15.2 Å². The number of carboxylic acids is 1. The third-order valence-corrected chi connectivity index (χ3v) is 3.48. The van der Waals surface area contributed by atoms with E-state index in [9.17, 15) is 4.79 Å². The zero-order valence-corrected chi connectivity index (χ0v) is 14.0. The maximum absolute atomic E-state index is 11.0. The van der Waals surface area contributed by atoms with Crippen LogP contribution in [0.15, 0.2) is 53.6 Å². The summed E-state index contributed by atoms with van der Waals surface area (Å²) in [5.41, 5.74) is 3.20. The number of ether oxygens (including phenoxy) is 1. The first kappa shape index (κ1) is 17.1.